The van der Waals surface area contributed by atoms with Crippen molar-refractivity contribution in [2.24, 2.45) is 16.5 Å². The van der Waals surface area contributed by atoms with Crippen molar-refractivity contribution in [2.75, 3.05) is 26.3 Å². The summed E-state index contributed by atoms with van der Waals surface area (Å²) >= 11 is 0. The van der Waals surface area contributed by atoms with Crippen molar-refractivity contribution in [3.05, 3.63) is 81.9 Å². The van der Waals surface area contributed by atoms with Gasteiger partial charge in [0.15, 0.2) is 0 Å². The predicted molar refractivity (Wildman–Crippen MR) is 185 cm³/mol. The van der Waals surface area contributed by atoms with E-state index in [0.717, 1.165) is 37.4 Å². The van der Waals surface area contributed by atoms with Gasteiger partial charge >= 0.3 is 11.9 Å². The molecule has 0 spiro atoms. The molecule has 0 radical (unpaired) electrons. The molecule has 0 saturated carbocycles. The van der Waals surface area contributed by atoms with Gasteiger partial charge in [-0.2, -0.15) is 18.2 Å². The number of aromatic nitrogens is 3. The number of hydrogen-bond donors (Lipinski definition) is 3. The maximum Gasteiger partial charge on any atom is 0.416 e. The monoisotopic (exact) mass is 669 g/mol. The SMILES string of the molecule is CCCC(c1ccc(-n2cc3cc(-c4cc(CCCC(C)N)cc(C(F)(F)F)c4)[nH]c3nc2=O)cc1)N(CCCF)CCCN=C(C)N. The molecule has 2 unspecified atom stereocenters. The number of nitrogens with one attached hydrogen (secondary N) is 1. The highest BCUT2D eigenvalue weighted by atomic mass is 19.4. The van der Waals surface area contributed by atoms with E-state index in [-0.39, 0.29) is 12.1 Å². The molecule has 4 aromatic rings. The number of aromatic amines is 1. The Morgan fingerprint density at radius 2 is 1.79 bits per heavy atom. The van der Waals surface area contributed by atoms with Crippen LogP contribution in [0.2, 0.25) is 0 Å². The Morgan fingerprint density at radius 1 is 1.06 bits per heavy atom. The van der Waals surface area contributed by atoms with Crippen molar-refractivity contribution >= 4 is 16.9 Å². The normalized spacial score (nSPS) is 13.8. The minimum absolute atomic E-state index is 0.0317. The Hall–Kier alpha value is -4.03. The van der Waals surface area contributed by atoms with Crippen LogP contribution in [0.5, 0.6) is 0 Å². The van der Waals surface area contributed by atoms with Crippen LogP contribution in [-0.4, -0.2) is 57.6 Å². The van der Waals surface area contributed by atoms with Crippen molar-refractivity contribution in [3.8, 4) is 16.9 Å². The molecular weight excluding hydrogens is 622 g/mol. The highest BCUT2D eigenvalue weighted by molar-refractivity contribution is 5.83. The summed E-state index contributed by atoms with van der Waals surface area (Å²) in [6.45, 7) is 7.33. The summed E-state index contributed by atoms with van der Waals surface area (Å²) in [5.41, 5.74) is 13.6. The molecule has 2 aromatic heterocycles. The standard InChI is InChI=1S/C36H47F4N7O/c1-4-8-33(46(17-6-15-37)18-7-16-43-25(3)42)27-11-13-31(14-12-27)47-23-29-22-32(44-34(29)45-35(47)48)28-19-26(10-5-9-24(2)41)20-30(21-28)36(38,39)40/h11-14,19-24,33H,4-10,15-18,41H2,1-3H3,(H2,42,43)(H,44,45,48). The second-order valence-corrected chi connectivity index (χ2v) is 12.5. The highest BCUT2D eigenvalue weighted by Crippen LogP contribution is 2.34. The van der Waals surface area contributed by atoms with Crippen molar-refractivity contribution in [2.45, 2.75) is 84.0 Å². The molecule has 0 saturated heterocycles. The molecule has 0 aliphatic rings. The van der Waals surface area contributed by atoms with Crippen LogP contribution < -0.4 is 17.2 Å². The first-order valence-corrected chi connectivity index (χ1v) is 16.7. The minimum atomic E-state index is -4.51. The van der Waals surface area contributed by atoms with Gasteiger partial charge in [0.05, 0.1) is 23.8 Å². The highest BCUT2D eigenvalue weighted by Gasteiger charge is 2.31. The van der Waals surface area contributed by atoms with Gasteiger partial charge in [-0.15, -0.1) is 0 Å². The van der Waals surface area contributed by atoms with Gasteiger partial charge in [0, 0.05) is 49.0 Å². The first kappa shape index (κ1) is 36.8. The third-order valence-electron chi connectivity index (χ3n) is 8.37. The van der Waals surface area contributed by atoms with Gasteiger partial charge < -0.3 is 16.5 Å². The Labute approximate surface area is 279 Å². The lowest BCUT2D eigenvalue weighted by Crippen LogP contribution is -2.32. The average Bonchev–Trinajstić information content (AvgIpc) is 3.45. The van der Waals surface area contributed by atoms with E-state index in [0.29, 0.717) is 78.2 Å². The van der Waals surface area contributed by atoms with Crippen LogP contribution in [0.25, 0.3) is 28.0 Å². The van der Waals surface area contributed by atoms with Crippen molar-refractivity contribution in [1.82, 2.24) is 19.4 Å². The largest absolute Gasteiger partial charge is 0.416 e. The lowest BCUT2D eigenvalue weighted by molar-refractivity contribution is -0.137. The summed E-state index contributed by atoms with van der Waals surface area (Å²) < 4.78 is 56.1. The first-order chi connectivity index (χ1) is 22.9. The van der Waals surface area contributed by atoms with Crippen molar-refractivity contribution in [3.63, 3.8) is 0 Å². The van der Waals surface area contributed by atoms with E-state index < -0.39 is 24.1 Å². The topological polar surface area (TPSA) is 118 Å². The number of nitrogens with zero attached hydrogens (tertiary/aromatic N) is 4. The number of H-pyrrole nitrogens is 1. The van der Waals surface area contributed by atoms with Crippen LogP contribution >= 0.6 is 0 Å². The van der Waals surface area contributed by atoms with Crippen LogP contribution in [0.4, 0.5) is 17.6 Å². The van der Waals surface area contributed by atoms with Gasteiger partial charge in [-0.25, -0.2) is 4.79 Å². The van der Waals surface area contributed by atoms with Crippen LogP contribution in [0.3, 0.4) is 0 Å². The van der Waals surface area contributed by atoms with E-state index in [1.165, 1.54) is 10.6 Å². The molecule has 48 heavy (non-hydrogen) atoms. The fourth-order valence-corrected chi connectivity index (χ4v) is 6.02. The number of aliphatic imine (C=N–C) groups is 1. The first-order valence-electron chi connectivity index (χ1n) is 16.7. The van der Waals surface area contributed by atoms with Gasteiger partial charge in [0.2, 0.25) is 0 Å². The Kier molecular flexibility index (Phi) is 12.9. The number of halogens is 4. The molecule has 8 nitrogen and oxygen atoms in total. The number of amidine groups is 1. The van der Waals surface area contributed by atoms with E-state index in [1.54, 1.807) is 25.3 Å². The van der Waals surface area contributed by atoms with Gasteiger partial charge in [-0.05, 0) is 105 Å². The zero-order valence-electron chi connectivity index (χ0n) is 28.0. The van der Waals surface area contributed by atoms with Gasteiger partial charge in [0.1, 0.15) is 5.65 Å². The second kappa shape index (κ2) is 16.9. The summed E-state index contributed by atoms with van der Waals surface area (Å²) in [5, 5.41) is 0.584. The van der Waals surface area contributed by atoms with Crippen LogP contribution in [0.15, 0.2) is 64.5 Å². The van der Waals surface area contributed by atoms with Gasteiger partial charge in [-0.3, -0.25) is 18.8 Å². The summed E-state index contributed by atoms with van der Waals surface area (Å²) in [7, 11) is 0. The fraction of sp³-hybridized carbons (Fsp3) is 0.472. The number of alkyl halides is 4. The molecule has 0 amide bonds. The number of benzene rings is 2. The number of aryl methyl sites for hydroxylation is 1. The quantitative estimate of drug-likeness (QED) is 0.0471. The molecule has 0 bridgehead atoms. The summed E-state index contributed by atoms with van der Waals surface area (Å²) in [5.74, 6) is 0.540. The molecule has 4 rings (SSSR count). The molecule has 0 fully saturated rings. The lowest BCUT2D eigenvalue weighted by atomic mass is 9.99. The van der Waals surface area contributed by atoms with Crippen LogP contribution in [0.1, 0.15) is 82.0 Å². The average molecular weight is 670 g/mol. The lowest BCUT2D eigenvalue weighted by Gasteiger charge is -2.32. The smallest absolute Gasteiger partial charge is 0.388 e. The third kappa shape index (κ3) is 9.99. The van der Waals surface area contributed by atoms with E-state index in [4.69, 9.17) is 11.5 Å². The van der Waals surface area contributed by atoms with Gasteiger partial charge in [0.25, 0.3) is 0 Å². The van der Waals surface area contributed by atoms with E-state index in [2.05, 4.69) is 26.8 Å². The predicted octanol–water partition coefficient (Wildman–Crippen LogP) is 7.34. The third-order valence-corrected chi connectivity index (χ3v) is 8.37. The Morgan fingerprint density at radius 3 is 2.44 bits per heavy atom. The summed E-state index contributed by atoms with van der Waals surface area (Å²) in [4.78, 5) is 27.0. The number of nitrogens with two attached hydrogens (primary N) is 2. The molecule has 2 aromatic carbocycles. The molecular formula is C36H47F4N7O. The van der Waals surface area contributed by atoms with Crippen LogP contribution in [0, 0.1) is 0 Å². The molecule has 260 valence electrons. The van der Waals surface area contributed by atoms with Crippen molar-refractivity contribution in [1.29, 1.82) is 0 Å². The molecule has 0 aliphatic heterocycles. The maximum absolute atomic E-state index is 13.8. The van der Waals surface area contributed by atoms with Crippen LogP contribution in [-0.2, 0) is 12.6 Å². The molecule has 12 heteroatoms. The Balaban J connectivity index is 1.62. The summed E-state index contributed by atoms with van der Waals surface area (Å²) in [6, 6.07) is 13.5. The molecule has 5 N–H and O–H groups in total. The number of rotatable bonds is 17. The Bertz CT molecular complexity index is 1710. The molecule has 0 aliphatic carbocycles. The molecule has 2 heterocycles. The number of fused-ring (bicyclic) bond motifs is 1. The van der Waals surface area contributed by atoms with E-state index >= 15 is 0 Å². The van der Waals surface area contributed by atoms with Gasteiger partial charge in [-0.1, -0.05) is 25.5 Å². The summed E-state index contributed by atoms with van der Waals surface area (Å²) in [6.07, 6.45) is 2.04. The zero-order valence-corrected chi connectivity index (χ0v) is 28.0. The van der Waals surface area contributed by atoms with Crippen molar-refractivity contribution < 1.29 is 17.6 Å². The fourth-order valence-electron chi connectivity index (χ4n) is 6.02. The zero-order chi connectivity index (χ0) is 34.8. The van der Waals surface area contributed by atoms with E-state index in [9.17, 15) is 22.4 Å². The maximum atomic E-state index is 13.8. The number of hydrogen-bond acceptors (Lipinski definition) is 5. The molecule has 2 atom stereocenters. The second-order valence-electron chi connectivity index (χ2n) is 12.5. The minimum Gasteiger partial charge on any atom is -0.388 e. The van der Waals surface area contributed by atoms with E-state index in [1.807, 2.05) is 31.2 Å².